The Morgan fingerprint density at radius 1 is 1.09 bits per heavy atom. The maximum absolute atomic E-state index is 12.3. The van der Waals surface area contributed by atoms with Gasteiger partial charge in [-0.15, -0.1) is 0 Å². The molecule has 1 aromatic heterocycles. The van der Waals surface area contributed by atoms with Gasteiger partial charge in [0.15, 0.2) is 0 Å². The Morgan fingerprint density at radius 3 is 2.61 bits per heavy atom. The number of aromatic nitrogens is 1. The van der Waals surface area contributed by atoms with Crippen LogP contribution in [-0.2, 0) is 0 Å². The maximum atomic E-state index is 12.3. The molecule has 0 atom stereocenters. The van der Waals surface area contributed by atoms with Crippen LogP contribution in [0.25, 0.3) is 10.9 Å². The number of anilines is 2. The largest absolute Gasteiger partial charge is 0.493 e. The predicted octanol–water partition coefficient (Wildman–Crippen LogP) is 3.39. The molecule has 0 radical (unpaired) electrons. The number of carbonyl (C=O) groups is 1. The van der Waals surface area contributed by atoms with E-state index in [4.69, 9.17) is 5.73 Å². The van der Waals surface area contributed by atoms with Crippen LogP contribution in [0.5, 0.6) is 5.88 Å². The van der Waals surface area contributed by atoms with Crippen LogP contribution in [-0.4, -0.2) is 16.0 Å². The molecule has 0 fully saturated rings. The second kappa shape index (κ2) is 5.61. The van der Waals surface area contributed by atoms with Crippen molar-refractivity contribution in [3.05, 3.63) is 59.2 Å². The third-order valence-corrected chi connectivity index (χ3v) is 3.79. The average Bonchev–Trinajstić information content (AvgIpc) is 2.50. The molecule has 0 aliphatic rings. The van der Waals surface area contributed by atoms with Crippen molar-refractivity contribution in [2.24, 2.45) is 0 Å². The summed E-state index contributed by atoms with van der Waals surface area (Å²) >= 11 is 0. The topological polar surface area (TPSA) is 88.2 Å². The molecular weight excluding hydrogens is 290 g/mol. The molecule has 5 nitrogen and oxygen atoms in total. The standard InChI is InChI=1S/C18H17N3O2/c1-10-8-17(22)21-16-6-4-13(9-14(10)16)20-18(23)12-3-5-15(19)11(2)7-12/h3-9H,19H2,1-2H3,(H,20,23)(H,21,22). The van der Waals surface area contributed by atoms with Gasteiger partial charge in [-0.2, -0.15) is 0 Å². The summed E-state index contributed by atoms with van der Waals surface area (Å²) in [5.41, 5.74) is 10.1. The third-order valence-electron chi connectivity index (χ3n) is 3.79. The number of fused-ring (bicyclic) bond motifs is 1. The van der Waals surface area contributed by atoms with Crippen LogP contribution in [0, 0.1) is 13.8 Å². The van der Waals surface area contributed by atoms with E-state index in [9.17, 15) is 9.90 Å². The van der Waals surface area contributed by atoms with Gasteiger partial charge in [-0.05, 0) is 61.4 Å². The Kier molecular flexibility index (Phi) is 3.62. The molecule has 4 N–H and O–H groups in total. The van der Waals surface area contributed by atoms with Gasteiger partial charge in [0.25, 0.3) is 5.91 Å². The molecular formula is C18H17N3O2. The van der Waals surface area contributed by atoms with Crippen molar-refractivity contribution < 1.29 is 9.90 Å². The second-order valence-electron chi connectivity index (χ2n) is 5.55. The lowest BCUT2D eigenvalue weighted by atomic mass is 10.1. The van der Waals surface area contributed by atoms with Crippen LogP contribution in [0.3, 0.4) is 0 Å². The summed E-state index contributed by atoms with van der Waals surface area (Å²) in [6.07, 6.45) is 0. The Hall–Kier alpha value is -3.08. The molecule has 1 amide bonds. The lowest BCUT2D eigenvalue weighted by Crippen LogP contribution is -2.12. The Labute approximate surface area is 133 Å². The number of amides is 1. The summed E-state index contributed by atoms with van der Waals surface area (Å²) in [6.45, 7) is 3.75. The van der Waals surface area contributed by atoms with E-state index in [1.165, 1.54) is 0 Å². The Morgan fingerprint density at radius 2 is 1.87 bits per heavy atom. The van der Waals surface area contributed by atoms with Crippen molar-refractivity contribution in [3.63, 3.8) is 0 Å². The first-order valence-electron chi connectivity index (χ1n) is 7.22. The third kappa shape index (κ3) is 2.94. The van der Waals surface area contributed by atoms with E-state index in [1.807, 2.05) is 19.9 Å². The van der Waals surface area contributed by atoms with Crippen LogP contribution in [0.15, 0.2) is 42.5 Å². The van der Waals surface area contributed by atoms with Crippen molar-refractivity contribution in [2.75, 3.05) is 11.1 Å². The minimum absolute atomic E-state index is 0.0101. The van der Waals surface area contributed by atoms with Crippen LogP contribution in [0.1, 0.15) is 21.5 Å². The highest BCUT2D eigenvalue weighted by molar-refractivity contribution is 6.05. The molecule has 0 saturated carbocycles. The van der Waals surface area contributed by atoms with Gasteiger partial charge in [-0.25, -0.2) is 4.98 Å². The predicted molar refractivity (Wildman–Crippen MR) is 91.7 cm³/mol. The highest BCUT2D eigenvalue weighted by atomic mass is 16.3. The molecule has 3 rings (SSSR count). The summed E-state index contributed by atoms with van der Waals surface area (Å²) in [5, 5.41) is 13.3. The second-order valence-corrected chi connectivity index (χ2v) is 5.55. The molecule has 0 spiro atoms. The van der Waals surface area contributed by atoms with Gasteiger partial charge in [-0.1, -0.05) is 0 Å². The molecule has 3 aromatic rings. The number of nitrogens with two attached hydrogens (primary N) is 1. The number of aryl methyl sites for hydroxylation is 2. The fraction of sp³-hybridized carbons (Fsp3) is 0.111. The molecule has 0 aliphatic carbocycles. The number of nitrogens with one attached hydrogen (secondary N) is 1. The van der Waals surface area contributed by atoms with E-state index in [2.05, 4.69) is 10.3 Å². The molecule has 2 aromatic carbocycles. The van der Waals surface area contributed by atoms with E-state index >= 15 is 0 Å². The van der Waals surface area contributed by atoms with Crippen molar-refractivity contribution in [3.8, 4) is 5.88 Å². The van der Waals surface area contributed by atoms with Crippen LogP contribution in [0.4, 0.5) is 11.4 Å². The van der Waals surface area contributed by atoms with Crippen molar-refractivity contribution in [1.82, 2.24) is 4.98 Å². The van der Waals surface area contributed by atoms with Gasteiger partial charge in [0.1, 0.15) is 0 Å². The number of nitrogens with zero attached hydrogens (tertiary/aromatic N) is 1. The summed E-state index contributed by atoms with van der Waals surface area (Å²) < 4.78 is 0. The Bertz CT molecular complexity index is 920. The number of carbonyl (C=O) groups excluding carboxylic acids is 1. The first kappa shape index (κ1) is 14.8. The fourth-order valence-electron chi connectivity index (χ4n) is 2.47. The van der Waals surface area contributed by atoms with E-state index < -0.39 is 0 Å². The zero-order chi connectivity index (χ0) is 16.6. The lowest BCUT2D eigenvalue weighted by molar-refractivity contribution is 0.102. The van der Waals surface area contributed by atoms with Gasteiger partial charge in [0.05, 0.1) is 5.52 Å². The highest BCUT2D eigenvalue weighted by Crippen LogP contribution is 2.24. The number of pyridine rings is 1. The minimum atomic E-state index is -0.197. The minimum Gasteiger partial charge on any atom is -0.493 e. The zero-order valence-electron chi connectivity index (χ0n) is 12.9. The quantitative estimate of drug-likeness (QED) is 0.633. The maximum Gasteiger partial charge on any atom is 0.255 e. The number of hydrogen-bond donors (Lipinski definition) is 3. The van der Waals surface area contributed by atoms with Crippen LogP contribution < -0.4 is 11.1 Å². The molecule has 0 aliphatic heterocycles. The van der Waals surface area contributed by atoms with Crippen molar-refractivity contribution in [1.29, 1.82) is 0 Å². The monoisotopic (exact) mass is 307 g/mol. The average molecular weight is 307 g/mol. The van der Waals surface area contributed by atoms with Crippen LogP contribution in [0.2, 0.25) is 0 Å². The number of nitrogen functional groups attached to an aromatic ring is 1. The SMILES string of the molecule is Cc1cc(C(=O)Nc2ccc3nc(O)cc(C)c3c2)ccc1N. The van der Waals surface area contributed by atoms with Gasteiger partial charge >= 0.3 is 0 Å². The van der Waals surface area contributed by atoms with E-state index in [0.29, 0.717) is 22.5 Å². The Balaban J connectivity index is 1.91. The van der Waals surface area contributed by atoms with Gasteiger partial charge < -0.3 is 16.2 Å². The van der Waals surface area contributed by atoms with Gasteiger partial charge in [0.2, 0.25) is 5.88 Å². The number of hydrogen-bond acceptors (Lipinski definition) is 4. The molecule has 116 valence electrons. The van der Waals surface area contributed by atoms with Crippen LogP contribution >= 0.6 is 0 Å². The van der Waals surface area contributed by atoms with Gasteiger partial charge in [0, 0.05) is 28.4 Å². The molecule has 0 bridgehead atoms. The van der Waals surface area contributed by atoms with Crippen molar-refractivity contribution in [2.45, 2.75) is 13.8 Å². The van der Waals surface area contributed by atoms with E-state index in [0.717, 1.165) is 16.5 Å². The number of benzene rings is 2. The summed E-state index contributed by atoms with van der Waals surface area (Å²) in [4.78, 5) is 16.4. The molecule has 5 heteroatoms. The van der Waals surface area contributed by atoms with E-state index in [1.54, 1.807) is 36.4 Å². The smallest absolute Gasteiger partial charge is 0.255 e. The number of aromatic hydroxyl groups is 1. The normalized spacial score (nSPS) is 10.7. The number of rotatable bonds is 2. The first-order valence-corrected chi connectivity index (χ1v) is 7.22. The first-order chi connectivity index (χ1) is 10.9. The lowest BCUT2D eigenvalue weighted by Gasteiger charge is -2.09. The summed E-state index contributed by atoms with van der Waals surface area (Å²) in [7, 11) is 0. The summed E-state index contributed by atoms with van der Waals surface area (Å²) in [5.74, 6) is -0.207. The highest BCUT2D eigenvalue weighted by Gasteiger charge is 2.09. The molecule has 23 heavy (non-hydrogen) atoms. The molecule has 0 saturated heterocycles. The zero-order valence-corrected chi connectivity index (χ0v) is 12.9. The molecule has 0 unspecified atom stereocenters. The van der Waals surface area contributed by atoms with E-state index in [-0.39, 0.29) is 11.8 Å². The van der Waals surface area contributed by atoms with Crippen molar-refractivity contribution >= 4 is 28.2 Å². The summed E-state index contributed by atoms with van der Waals surface area (Å²) in [6, 6.07) is 12.2. The molecule has 1 heterocycles. The fourth-order valence-corrected chi connectivity index (χ4v) is 2.47. The van der Waals surface area contributed by atoms with Gasteiger partial charge in [-0.3, -0.25) is 4.79 Å².